The van der Waals surface area contributed by atoms with E-state index in [2.05, 4.69) is 5.32 Å². The van der Waals surface area contributed by atoms with Crippen molar-refractivity contribution in [1.82, 2.24) is 5.32 Å². The Kier molecular flexibility index (Phi) is 6.12. The first-order chi connectivity index (χ1) is 10.9. The molecule has 0 fully saturated rings. The van der Waals surface area contributed by atoms with E-state index in [0.29, 0.717) is 5.56 Å². The Hall–Kier alpha value is -2.37. The smallest absolute Gasteiger partial charge is 0.329 e. The molecule has 0 aliphatic heterocycles. The Morgan fingerprint density at radius 3 is 2.04 bits per heavy atom. The lowest BCUT2D eigenvalue weighted by Gasteiger charge is -2.24. The van der Waals surface area contributed by atoms with Crippen molar-refractivity contribution < 1.29 is 19.1 Å². The number of rotatable bonds is 5. The van der Waals surface area contributed by atoms with E-state index in [1.54, 1.807) is 20.8 Å². The third-order valence-corrected chi connectivity index (χ3v) is 3.31. The third kappa shape index (κ3) is 5.68. The number of carbonyl (C=O) groups is 3. The van der Waals surface area contributed by atoms with Crippen LogP contribution in [0.5, 0.6) is 0 Å². The number of aryl methyl sites for hydroxylation is 3. The van der Waals surface area contributed by atoms with Crippen molar-refractivity contribution in [3.63, 3.8) is 0 Å². The number of benzene rings is 1. The van der Waals surface area contributed by atoms with E-state index in [1.165, 1.54) is 0 Å². The van der Waals surface area contributed by atoms with Crippen LogP contribution in [-0.4, -0.2) is 29.4 Å². The number of nitrogens with two attached hydrogens (primary N) is 1. The molecular formula is C18H26N2O4. The number of hydrogen-bond donors (Lipinski definition) is 2. The summed E-state index contributed by atoms with van der Waals surface area (Å²) in [6.07, 6.45) is -0.315. The van der Waals surface area contributed by atoms with Gasteiger partial charge in [-0.1, -0.05) is 17.7 Å². The second-order valence-electron chi connectivity index (χ2n) is 7.00. The molecule has 3 N–H and O–H groups in total. The van der Waals surface area contributed by atoms with Gasteiger partial charge in [0, 0.05) is 5.56 Å². The van der Waals surface area contributed by atoms with Gasteiger partial charge in [0.15, 0.2) is 0 Å². The van der Waals surface area contributed by atoms with Gasteiger partial charge in [-0.25, -0.2) is 4.79 Å². The molecule has 6 nitrogen and oxygen atoms in total. The summed E-state index contributed by atoms with van der Waals surface area (Å²) in [6, 6.07) is 2.66. The van der Waals surface area contributed by atoms with Crippen LogP contribution in [-0.2, 0) is 14.3 Å². The first-order valence-corrected chi connectivity index (χ1v) is 7.80. The zero-order valence-electron chi connectivity index (χ0n) is 15.1. The van der Waals surface area contributed by atoms with Gasteiger partial charge in [0.1, 0.15) is 11.6 Å². The minimum Gasteiger partial charge on any atom is -0.458 e. The van der Waals surface area contributed by atoms with E-state index in [-0.39, 0.29) is 6.42 Å². The SMILES string of the molecule is Cc1cc(C)c(C(=O)N[C@@H](CC(N)=O)C(=O)OC(C)(C)C)c(C)c1. The monoisotopic (exact) mass is 334 g/mol. The molecule has 0 heterocycles. The summed E-state index contributed by atoms with van der Waals surface area (Å²) in [5.41, 5.74) is 7.59. The Bertz CT molecular complexity index is 636. The summed E-state index contributed by atoms with van der Waals surface area (Å²) >= 11 is 0. The number of carbonyl (C=O) groups excluding carboxylic acids is 3. The van der Waals surface area contributed by atoms with Crippen molar-refractivity contribution in [3.05, 3.63) is 34.4 Å². The van der Waals surface area contributed by atoms with Crippen molar-refractivity contribution in [2.24, 2.45) is 5.73 Å². The third-order valence-electron chi connectivity index (χ3n) is 3.31. The molecule has 2 amide bonds. The van der Waals surface area contributed by atoms with Crippen molar-refractivity contribution in [2.45, 2.75) is 59.6 Å². The topological polar surface area (TPSA) is 98.5 Å². The van der Waals surface area contributed by atoms with Crippen LogP contribution in [0.25, 0.3) is 0 Å². The van der Waals surface area contributed by atoms with Crippen LogP contribution in [0.3, 0.4) is 0 Å². The maximum atomic E-state index is 12.6. The highest BCUT2D eigenvalue weighted by Gasteiger charge is 2.29. The Morgan fingerprint density at radius 1 is 1.12 bits per heavy atom. The predicted octanol–water partition coefficient (Wildman–Crippen LogP) is 1.93. The fourth-order valence-corrected chi connectivity index (χ4v) is 2.54. The van der Waals surface area contributed by atoms with Crippen molar-refractivity contribution in [1.29, 1.82) is 0 Å². The number of amides is 2. The highest BCUT2D eigenvalue weighted by Crippen LogP contribution is 2.17. The van der Waals surface area contributed by atoms with Crippen molar-refractivity contribution >= 4 is 17.8 Å². The van der Waals surface area contributed by atoms with E-state index in [0.717, 1.165) is 16.7 Å². The molecule has 0 radical (unpaired) electrons. The van der Waals surface area contributed by atoms with E-state index >= 15 is 0 Å². The van der Waals surface area contributed by atoms with E-state index in [9.17, 15) is 14.4 Å². The maximum absolute atomic E-state index is 12.6. The maximum Gasteiger partial charge on any atom is 0.329 e. The summed E-state index contributed by atoms with van der Waals surface area (Å²) in [5.74, 6) is -1.80. The highest BCUT2D eigenvalue weighted by atomic mass is 16.6. The first kappa shape index (κ1) is 19.7. The number of primary amides is 1. The summed E-state index contributed by atoms with van der Waals surface area (Å²) in [7, 11) is 0. The number of ether oxygens (including phenoxy) is 1. The molecule has 0 saturated carbocycles. The Morgan fingerprint density at radius 2 is 1.62 bits per heavy atom. The van der Waals surface area contributed by atoms with Gasteiger partial charge in [0.2, 0.25) is 5.91 Å². The molecule has 1 aromatic carbocycles. The van der Waals surface area contributed by atoms with Gasteiger partial charge < -0.3 is 15.8 Å². The Labute approximate surface area is 142 Å². The quantitative estimate of drug-likeness (QED) is 0.804. The zero-order valence-corrected chi connectivity index (χ0v) is 15.1. The van der Waals surface area contributed by atoms with Crippen LogP contribution in [0.1, 0.15) is 54.2 Å². The predicted molar refractivity (Wildman–Crippen MR) is 91.6 cm³/mol. The second kappa shape index (κ2) is 7.47. The number of hydrogen-bond acceptors (Lipinski definition) is 4. The molecule has 6 heteroatoms. The average Bonchev–Trinajstić information content (AvgIpc) is 2.33. The molecule has 24 heavy (non-hydrogen) atoms. The van der Waals surface area contributed by atoms with Gasteiger partial charge in [-0.15, -0.1) is 0 Å². The zero-order chi connectivity index (χ0) is 18.7. The van der Waals surface area contributed by atoms with Gasteiger partial charge in [0.05, 0.1) is 6.42 Å². The molecule has 0 spiro atoms. The van der Waals surface area contributed by atoms with Crippen molar-refractivity contribution in [2.75, 3.05) is 0 Å². The van der Waals surface area contributed by atoms with Gasteiger partial charge in [0.25, 0.3) is 5.91 Å². The van der Waals surface area contributed by atoms with Gasteiger partial charge in [-0.2, -0.15) is 0 Å². The van der Waals surface area contributed by atoms with Gasteiger partial charge in [-0.3, -0.25) is 9.59 Å². The Balaban J connectivity index is 3.04. The minimum absolute atomic E-state index is 0.315. The molecular weight excluding hydrogens is 308 g/mol. The van der Waals surface area contributed by atoms with E-state index in [1.807, 2.05) is 32.9 Å². The summed E-state index contributed by atoms with van der Waals surface area (Å²) < 4.78 is 5.26. The number of esters is 1. The van der Waals surface area contributed by atoms with Crippen LogP contribution in [0.2, 0.25) is 0 Å². The molecule has 1 rings (SSSR count). The molecule has 1 aromatic rings. The largest absolute Gasteiger partial charge is 0.458 e. The highest BCUT2D eigenvalue weighted by molar-refractivity contribution is 6.00. The standard InChI is InChI=1S/C18H26N2O4/c1-10-7-11(2)15(12(3)8-10)16(22)20-13(9-14(19)21)17(23)24-18(4,5)6/h7-8,13H,9H2,1-6H3,(H2,19,21)(H,20,22)/t13-/m0/s1. The molecule has 0 bridgehead atoms. The second-order valence-corrected chi connectivity index (χ2v) is 7.00. The first-order valence-electron chi connectivity index (χ1n) is 7.80. The summed E-state index contributed by atoms with van der Waals surface area (Å²) in [5, 5.41) is 2.57. The van der Waals surface area contributed by atoms with E-state index < -0.39 is 29.4 Å². The lowest BCUT2D eigenvalue weighted by molar-refractivity contribution is -0.158. The molecule has 132 valence electrons. The summed E-state index contributed by atoms with van der Waals surface area (Å²) in [4.78, 5) is 36.1. The average molecular weight is 334 g/mol. The van der Waals surface area contributed by atoms with Crippen LogP contribution in [0.4, 0.5) is 0 Å². The van der Waals surface area contributed by atoms with Crippen LogP contribution in [0.15, 0.2) is 12.1 Å². The van der Waals surface area contributed by atoms with Crippen LogP contribution in [0, 0.1) is 20.8 Å². The molecule has 0 aliphatic rings. The molecule has 0 saturated heterocycles. The lowest BCUT2D eigenvalue weighted by atomic mass is 9.99. The minimum atomic E-state index is -1.12. The van der Waals surface area contributed by atoms with Crippen molar-refractivity contribution in [3.8, 4) is 0 Å². The van der Waals surface area contributed by atoms with Gasteiger partial charge in [-0.05, 0) is 52.7 Å². The van der Waals surface area contributed by atoms with Crippen LogP contribution >= 0.6 is 0 Å². The van der Waals surface area contributed by atoms with Gasteiger partial charge >= 0.3 is 5.97 Å². The number of nitrogens with one attached hydrogen (secondary N) is 1. The molecule has 1 atom stereocenters. The van der Waals surface area contributed by atoms with Crippen LogP contribution < -0.4 is 11.1 Å². The summed E-state index contributed by atoms with van der Waals surface area (Å²) in [6.45, 7) is 10.7. The molecule has 0 aliphatic carbocycles. The molecule has 0 unspecified atom stereocenters. The fraction of sp³-hybridized carbons (Fsp3) is 0.500. The molecule has 0 aromatic heterocycles. The lowest BCUT2D eigenvalue weighted by Crippen LogP contribution is -2.46. The normalized spacial score (nSPS) is 12.4. The fourth-order valence-electron chi connectivity index (χ4n) is 2.54. The van der Waals surface area contributed by atoms with E-state index in [4.69, 9.17) is 10.5 Å².